The van der Waals surface area contributed by atoms with E-state index < -0.39 is 0 Å². The molecule has 10 aliphatic rings. The molecule has 0 radical (unpaired) electrons. The summed E-state index contributed by atoms with van der Waals surface area (Å²) in [5.41, 5.74) is 24.3. The molecule has 2 aliphatic heterocycles. The van der Waals surface area contributed by atoms with Crippen LogP contribution in [0.15, 0.2) is 109 Å². The van der Waals surface area contributed by atoms with Gasteiger partial charge in [-0.3, -0.25) is 0 Å². The fourth-order valence-electron chi connectivity index (χ4n) is 18.8. The maximum atomic E-state index is 2.87. The summed E-state index contributed by atoms with van der Waals surface area (Å²) in [6.45, 7) is 38.7. The lowest BCUT2D eigenvalue weighted by atomic mass is 9.32. The third-order valence-corrected chi connectivity index (χ3v) is 24.5. The molecule has 0 unspecified atom stereocenters. The maximum absolute atomic E-state index is 2.87. The first-order valence-corrected chi connectivity index (χ1v) is 32.3. The van der Waals surface area contributed by atoms with Gasteiger partial charge in [0.25, 0.3) is 6.71 Å². The second kappa shape index (κ2) is 16.6. The van der Waals surface area contributed by atoms with Gasteiger partial charge in [0.15, 0.2) is 0 Å². The molecule has 80 heavy (non-hydrogen) atoms. The Morgan fingerprint density at radius 3 is 1.57 bits per heavy atom. The van der Waals surface area contributed by atoms with Crippen LogP contribution in [0, 0.1) is 41.4 Å². The molecule has 2 nitrogen and oxygen atoms in total. The highest BCUT2D eigenvalue weighted by Crippen LogP contribution is 2.75. The van der Waals surface area contributed by atoms with Gasteiger partial charge in [0.05, 0.1) is 11.4 Å². The number of anilines is 6. The Balaban J connectivity index is 1.07. The zero-order valence-corrected chi connectivity index (χ0v) is 52.3. The Labute approximate surface area is 485 Å². The zero-order valence-electron chi connectivity index (χ0n) is 51.5. The summed E-state index contributed by atoms with van der Waals surface area (Å²) in [6, 6.07) is 46.0. The molecule has 4 heteroatoms. The Morgan fingerprint density at radius 2 is 0.988 bits per heavy atom. The van der Waals surface area contributed by atoms with Crippen molar-refractivity contribution in [2.45, 2.75) is 200 Å². The third-order valence-electron chi connectivity index (χ3n) is 23.3. The number of thiophene rings is 1. The van der Waals surface area contributed by atoms with E-state index in [-0.39, 0.29) is 44.6 Å². The van der Waals surface area contributed by atoms with Gasteiger partial charge in [-0.2, -0.15) is 0 Å². The average Bonchev–Trinajstić information content (AvgIpc) is 1.49. The van der Waals surface area contributed by atoms with E-state index >= 15 is 0 Å². The lowest BCUT2D eigenvalue weighted by Crippen LogP contribution is -2.66. The maximum Gasteiger partial charge on any atom is 0.264 e. The fraction of sp³-hybridized carbons (Fsp3) is 0.500. The summed E-state index contributed by atoms with van der Waals surface area (Å²) in [5.74, 6) is 6.50. The molecule has 1 aromatic heterocycles. The Morgan fingerprint density at radius 1 is 0.475 bits per heavy atom. The van der Waals surface area contributed by atoms with E-state index in [1.807, 2.05) is 0 Å². The molecule has 8 aliphatic carbocycles. The van der Waals surface area contributed by atoms with Crippen LogP contribution in [0.5, 0.6) is 0 Å². The Kier molecular flexibility index (Phi) is 10.7. The van der Waals surface area contributed by atoms with Crippen molar-refractivity contribution in [1.29, 1.82) is 0 Å². The molecule has 7 saturated carbocycles. The van der Waals surface area contributed by atoms with E-state index in [1.54, 1.807) is 5.56 Å². The standard InChI is InChI=1S/C76H89BN2S/c1-70(2,3)45-19-17-44(18-20-45)51-34-46(71(4,5)6)21-26-62(51)79-63-27-22-48(73(10,11)12)36-61(63)77-67-64(37-49(38-65(67)79)76-40-56-52-31-43-32-53(56)58(42-76)54(33-43)57(52)41-76)78(50-24-25-59-60(39-50)75(15,16)30-29-74(59,13)14)68-55-35-47(72(7,8)9)23-28-66(55)80-69(68)77/h17-28,34-39,43,52-54,56-58H,29-33,40-42H2,1-16H3. The molecule has 412 valence electrons. The van der Waals surface area contributed by atoms with E-state index in [4.69, 9.17) is 0 Å². The number of fused-ring (bicyclic) bond motifs is 7. The van der Waals surface area contributed by atoms with Crippen LogP contribution in [0.3, 0.4) is 0 Å². The first-order chi connectivity index (χ1) is 37.6. The first kappa shape index (κ1) is 51.8. The van der Waals surface area contributed by atoms with E-state index in [1.165, 1.54) is 156 Å². The molecule has 0 atom stereocenters. The van der Waals surface area contributed by atoms with Gasteiger partial charge >= 0.3 is 0 Å². The average molecular weight is 1070 g/mol. The van der Waals surface area contributed by atoms with Crippen molar-refractivity contribution in [2.75, 3.05) is 9.80 Å². The summed E-state index contributed by atoms with van der Waals surface area (Å²) in [6.07, 6.45) is 11.1. The van der Waals surface area contributed by atoms with Crippen molar-refractivity contribution >= 4 is 78.0 Å². The van der Waals surface area contributed by atoms with Crippen molar-refractivity contribution in [1.82, 2.24) is 0 Å². The van der Waals surface area contributed by atoms with Gasteiger partial charge in [-0.15, -0.1) is 11.3 Å². The molecule has 8 bridgehead atoms. The van der Waals surface area contributed by atoms with E-state index in [0.717, 1.165) is 41.4 Å². The van der Waals surface area contributed by atoms with Gasteiger partial charge < -0.3 is 9.80 Å². The number of nitrogens with zero attached hydrogens (tertiary/aromatic N) is 2. The highest BCUT2D eigenvalue weighted by molar-refractivity contribution is 7.33. The van der Waals surface area contributed by atoms with E-state index in [9.17, 15) is 0 Å². The predicted octanol–water partition coefficient (Wildman–Crippen LogP) is 19.1. The summed E-state index contributed by atoms with van der Waals surface area (Å²) in [7, 11) is 0. The fourth-order valence-corrected chi connectivity index (χ4v) is 20.1. The molecule has 0 amide bonds. The number of rotatable bonds is 4. The number of benzene rings is 6. The molecule has 6 aromatic carbocycles. The van der Waals surface area contributed by atoms with Gasteiger partial charge in [-0.05, 0) is 241 Å². The lowest BCUT2D eigenvalue weighted by molar-refractivity contribution is -0.212. The smallest absolute Gasteiger partial charge is 0.264 e. The largest absolute Gasteiger partial charge is 0.311 e. The molecule has 17 rings (SSSR count). The van der Waals surface area contributed by atoms with Crippen LogP contribution in [0.4, 0.5) is 34.1 Å². The van der Waals surface area contributed by atoms with Crippen LogP contribution in [0.25, 0.3) is 21.2 Å². The van der Waals surface area contributed by atoms with Crippen LogP contribution in [0.1, 0.15) is 201 Å². The summed E-state index contributed by atoms with van der Waals surface area (Å²) in [4.78, 5) is 5.69. The predicted molar refractivity (Wildman–Crippen MR) is 345 cm³/mol. The van der Waals surface area contributed by atoms with Crippen molar-refractivity contribution in [3.8, 4) is 11.1 Å². The minimum atomic E-state index is -0.0343. The second-order valence-corrected chi connectivity index (χ2v) is 34.2. The van der Waals surface area contributed by atoms with Crippen molar-refractivity contribution < 1.29 is 0 Å². The van der Waals surface area contributed by atoms with Crippen molar-refractivity contribution in [2.24, 2.45) is 41.4 Å². The summed E-state index contributed by atoms with van der Waals surface area (Å²) < 4.78 is 2.88. The number of hydrogen-bond donors (Lipinski definition) is 0. The van der Waals surface area contributed by atoms with Crippen LogP contribution < -0.4 is 25.5 Å². The van der Waals surface area contributed by atoms with Crippen LogP contribution >= 0.6 is 11.3 Å². The van der Waals surface area contributed by atoms with Crippen LogP contribution in [0.2, 0.25) is 0 Å². The van der Waals surface area contributed by atoms with Gasteiger partial charge in [0.1, 0.15) is 0 Å². The van der Waals surface area contributed by atoms with Crippen molar-refractivity contribution in [3.05, 3.63) is 148 Å². The molecular weight excluding hydrogens is 984 g/mol. The molecule has 0 spiro atoms. The van der Waals surface area contributed by atoms with Gasteiger partial charge in [-0.25, -0.2) is 0 Å². The quantitative estimate of drug-likeness (QED) is 0.162. The minimum absolute atomic E-state index is 0.00625. The molecular formula is C76H89BN2S. The van der Waals surface area contributed by atoms with Gasteiger partial charge in [-0.1, -0.05) is 165 Å². The van der Waals surface area contributed by atoms with E-state index in [0.29, 0.717) is 0 Å². The summed E-state index contributed by atoms with van der Waals surface area (Å²) >= 11 is 2.07. The molecule has 7 aromatic rings. The minimum Gasteiger partial charge on any atom is -0.311 e. The summed E-state index contributed by atoms with van der Waals surface area (Å²) in [5, 5.41) is 1.41. The van der Waals surface area contributed by atoms with Crippen LogP contribution in [-0.4, -0.2) is 6.71 Å². The Bertz CT molecular complexity index is 3680. The molecule has 0 saturated heterocycles. The van der Waals surface area contributed by atoms with Crippen LogP contribution in [-0.2, 0) is 37.9 Å². The molecule has 7 fully saturated rings. The Hall–Kier alpha value is -5.06. The van der Waals surface area contributed by atoms with Crippen molar-refractivity contribution in [3.63, 3.8) is 0 Å². The normalized spacial score (nSPS) is 27.4. The number of hydrogen-bond acceptors (Lipinski definition) is 3. The van der Waals surface area contributed by atoms with E-state index in [2.05, 4.69) is 241 Å². The molecule has 3 heterocycles. The monoisotopic (exact) mass is 1070 g/mol. The third kappa shape index (κ3) is 7.46. The lowest BCUT2D eigenvalue weighted by Gasteiger charge is -2.72. The van der Waals surface area contributed by atoms with Gasteiger partial charge in [0, 0.05) is 43.2 Å². The first-order valence-electron chi connectivity index (χ1n) is 31.5. The topological polar surface area (TPSA) is 6.48 Å². The second-order valence-electron chi connectivity index (χ2n) is 33.1. The SMILES string of the molecule is CC(C)(C)c1ccc(-c2cc(C(C)(C)C)ccc2N2c3ccc(C(C)(C)C)cc3B3c4sc5ccc(C(C)(C)C)cc5c4N(c4ccc5c(c4)C(C)(C)CCC5(C)C)c4cc(C56CC7C8CC9CC7C(C5)C(C9)C8C6)cc2c43)cc1. The highest BCUT2D eigenvalue weighted by atomic mass is 32.1. The molecule has 0 N–H and O–H groups in total. The zero-order chi connectivity index (χ0) is 55.9. The highest BCUT2D eigenvalue weighted by Gasteiger charge is 2.68. The van der Waals surface area contributed by atoms with Gasteiger partial charge in [0.2, 0.25) is 0 Å².